The number of unbranched alkanes of at least 4 members (excludes halogenated alkanes) is 27. The molecule has 0 aromatic heterocycles. The van der Waals surface area contributed by atoms with Gasteiger partial charge < -0.3 is 40.3 Å². The fourth-order valence-electron chi connectivity index (χ4n) is 7.48. The number of carbonyl (C=O) groups is 1. The maximum absolute atomic E-state index is 12.9. The van der Waals surface area contributed by atoms with Crippen molar-refractivity contribution in [3.8, 4) is 0 Å². The van der Waals surface area contributed by atoms with Gasteiger partial charge in [0.05, 0.1) is 25.4 Å². The lowest BCUT2D eigenvalue weighted by atomic mass is 9.99. The molecule has 6 N–H and O–H groups in total. The summed E-state index contributed by atoms with van der Waals surface area (Å²) >= 11 is 0. The van der Waals surface area contributed by atoms with Gasteiger partial charge in [-0.2, -0.15) is 0 Å². The third kappa shape index (κ3) is 28.2. The average molecular weight is 796 g/mol. The van der Waals surface area contributed by atoms with E-state index in [4.69, 9.17) is 9.47 Å². The molecule has 1 fully saturated rings. The Morgan fingerprint density at radius 1 is 0.589 bits per heavy atom. The molecule has 330 valence electrons. The number of hydrogen-bond donors (Lipinski definition) is 6. The summed E-state index contributed by atoms with van der Waals surface area (Å²) in [7, 11) is 0. The minimum Gasteiger partial charge on any atom is -0.394 e. The van der Waals surface area contributed by atoms with Crippen molar-refractivity contribution in [3.05, 3.63) is 24.3 Å². The molecule has 7 atom stereocenters. The molecule has 1 heterocycles. The summed E-state index contributed by atoms with van der Waals surface area (Å²) in [5.41, 5.74) is 0. The summed E-state index contributed by atoms with van der Waals surface area (Å²) in [4.78, 5) is 12.9. The Bertz CT molecular complexity index is 930. The second-order valence-electron chi connectivity index (χ2n) is 16.6. The molecule has 1 saturated heterocycles. The van der Waals surface area contributed by atoms with Gasteiger partial charge in [0.15, 0.2) is 6.29 Å². The van der Waals surface area contributed by atoms with E-state index in [1.807, 2.05) is 12.2 Å². The van der Waals surface area contributed by atoms with Crippen LogP contribution in [0, 0.1) is 0 Å². The zero-order valence-electron chi connectivity index (χ0n) is 36.1. The van der Waals surface area contributed by atoms with Crippen LogP contribution in [0.1, 0.15) is 213 Å². The van der Waals surface area contributed by atoms with Gasteiger partial charge in [0.1, 0.15) is 24.4 Å². The lowest BCUT2D eigenvalue weighted by molar-refractivity contribution is -0.302. The molecule has 0 saturated carbocycles. The highest BCUT2D eigenvalue weighted by molar-refractivity contribution is 5.77. The molecular formula is C47H89NO8. The van der Waals surface area contributed by atoms with E-state index in [-0.39, 0.29) is 18.9 Å². The van der Waals surface area contributed by atoms with Crippen molar-refractivity contribution in [1.29, 1.82) is 0 Å². The second-order valence-corrected chi connectivity index (χ2v) is 16.6. The quantitative estimate of drug-likeness (QED) is 0.0266. The fourth-order valence-corrected chi connectivity index (χ4v) is 7.48. The highest BCUT2D eigenvalue weighted by atomic mass is 16.7. The molecule has 2 unspecified atom stereocenters. The molecule has 0 aromatic rings. The highest BCUT2D eigenvalue weighted by Crippen LogP contribution is 2.23. The van der Waals surface area contributed by atoms with Gasteiger partial charge in [-0.15, -0.1) is 0 Å². The van der Waals surface area contributed by atoms with Crippen molar-refractivity contribution in [3.63, 3.8) is 0 Å². The molecule has 0 spiro atoms. The summed E-state index contributed by atoms with van der Waals surface area (Å²) in [6.07, 6.45) is 38.0. The summed E-state index contributed by atoms with van der Waals surface area (Å²) in [6.45, 7) is 3.77. The molecule has 9 heteroatoms. The first-order chi connectivity index (χ1) is 27.3. The van der Waals surface area contributed by atoms with Gasteiger partial charge in [0.25, 0.3) is 0 Å². The first-order valence-corrected chi connectivity index (χ1v) is 23.5. The van der Waals surface area contributed by atoms with Crippen LogP contribution in [0.25, 0.3) is 0 Å². The van der Waals surface area contributed by atoms with Gasteiger partial charge in [-0.1, -0.05) is 199 Å². The summed E-state index contributed by atoms with van der Waals surface area (Å²) in [5.74, 6) is -0.251. The maximum Gasteiger partial charge on any atom is 0.224 e. The third-order valence-corrected chi connectivity index (χ3v) is 11.3. The second kappa shape index (κ2) is 37.9. The predicted molar refractivity (Wildman–Crippen MR) is 230 cm³/mol. The molecule has 9 nitrogen and oxygen atoms in total. The summed E-state index contributed by atoms with van der Waals surface area (Å²) in [6, 6.07) is -0.796. The number of rotatable bonds is 39. The molecule has 0 aromatic carbocycles. The lowest BCUT2D eigenvalue weighted by Gasteiger charge is -2.40. The number of carbonyl (C=O) groups excluding carboxylic acids is 1. The van der Waals surface area contributed by atoms with Crippen molar-refractivity contribution in [2.75, 3.05) is 13.2 Å². The standard InChI is InChI=1S/C47H89NO8/c1-3-5-7-9-11-13-15-17-18-19-20-21-22-23-25-27-29-31-33-35-37-43(51)48-40(39-55-47-46(54)45(53)44(52)42(38-49)56-47)41(50)36-34-32-30-28-26-24-16-14-12-10-8-6-4-2/h32-35,40-42,44-47,49-50,52-54H,3-31,36-39H2,1-2H3,(H,48,51)/t40-,41+,42+,44+,45?,46?,47+/m0/s1. The Morgan fingerprint density at radius 2 is 1.00 bits per heavy atom. The zero-order chi connectivity index (χ0) is 40.9. The molecular weight excluding hydrogens is 707 g/mol. The minimum absolute atomic E-state index is 0.177. The van der Waals surface area contributed by atoms with E-state index in [1.54, 1.807) is 0 Å². The van der Waals surface area contributed by atoms with Crippen LogP contribution < -0.4 is 5.32 Å². The molecule has 0 bridgehead atoms. The number of nitrogens with one attached hydrogen (secondary N) is 1. The van der Waals surface area contributed by atoms with Crippen LogP contribution in [0.4, 0.5) is 0 Å². The Kier molecular flexibility index (Phi) is 35.7. The van der Waals surface area contributed by atoms with E-state index >= 15 is 0 Å². The topological polar surface area (TPSA) is 149 Å². The number of allylic oxidation sites excluding steroid dienone is 2. The number of aliphatic hydroxyl groups is 5. The van der Waals surface area contributed by atoms with Crippen molar-refractivity contribution in [2.24, 2.45) is 0 Å². The van der Waals surface area contributed by atoms with Gasteiger partial charge in [-0.3, -0.25) is 4.79 Å². The first-order valence-electron chi connectivity index (χ1n) is 23.5. The SMILES string of the molecule is CCCCCCCCCCCCC=CC[C@@H](O)[C@H](CO[C@@H]1O[C@H](CO)[C@@H](O)C(O)C1O)NC(=O)CC=CCCCCCCCCCCCCCCCCCCC. The van der Waals surface area contributed by atoms with Gasteiger partial charge >= 0.3 is 0 Å². The molecule has 0 radical (unpaired) electrons. The van der Waals surface area contributed by atoms with Crippen LogP contribution in [0.3, 0.4) is 0 Å². The predicted octanol–water partition coefficient (Wildman–Crippen LogP) is 9.89. The van der Waals surface area contributed by atoms with Crippen LogP contribution in [-0.2, 0) is 14.3 Å². The van der Waals surface area contributed by atoms with Gasteiger partial charge in [-0.25, -0.2) is 0 Å². The number of aliphatic hydroxyl groups excluding tert-OH is 5. The van der Waals surface area contributed by atoms with E-state index in [0.29, 0.717) is 6.42 Å². The van der Waals surface area contributed by atoms with Crippen LogP contribution in [-0.4, -0.2) is 87.5 Å². The Morgan fingerprint density at radius 3 is 1.43 bits per heavy atom. The molecule has 1 aliphatic heterocycles. The fraction of sp³-hybridized carbons (Fsp3) is 0.894. The molecule has 0 aliphatic carbocycles. The van der Waals surface area contributed by atoms with Crippen molar-refractivity contribution in [1.82, 2.24) is 5.32 Å². The zero-order valence-corrected chi connectivity index (χ0v) is 36.1. The monoisotopic (exact) mass is 796 g/mol. The molecule has 56 heavy (non-hydrogen) atoms. The van der Waals surface area contributed by atoms with Crippen LogP contribution in [0.2, 0.25) is 0 Å². The normalized spacial score (nSPS) is 21.3. The van der Waals surface area contributed by atoms with Gasteiger partial charge in [0, 0.05) is 6.42 Å². The number of hydrogen-bond acceptors (Lipinski definition) is 8. The largest absolute Gasteiger partial charge is 0.394 e. The highest BCUT2D eigenvalue weighted by Gasteiger charge is 2.44. The van der Waals surface area contributed by atoms with Gasteiger partial charge in [-0.05, 0) is 32.1 Å². The Labute approximate surface area is 343 Å². The first kappa shape index (κ1) is 52.7. The van der Waals surface area contributed by atoms with Crippen molar-refractivity contribution >= 4 is 5.91 Å². The molecule has 1 amide bonds. The van der Waals surface area contributed by atoms with E-state index in [0.717, 1.165) is 25.7 Å². The Hall–Kier alpha value is -1.33. The lowest BCUT2D eigenvalue weighted by Crippen LogP contribution is -2.60. The van der Waals surface area contributed by atoms with E-state index in [9.17, 15) is 30.3 Å². The van der Waals surface area contributed by atoms with E-state index < -0.39 is 49.5 Å². The number of ether oxygens (including phenoxy) is 2. The van der Waals surface area contributed by atoms with Crippen molar-refractivity contribution in [2.45, 2.75) is 256 Å². The molecule has 1 rings (SSSR count). The maximum atomic E-state index is 12.9. The summed E-state index contributed by atoms with van der Waals surface area (Å²) < 4.78 is 11.2. The Balaban J connectivity index is 2.33. The average Bonchev–Trinajstić information content (AvgIpc) is 3.20. The van der Waals surface area contributed by atoms with E-state index in [2.05, 4.69) is 31.3 Å². The summed E-state index contributed by atoms with van der Waals surface area (Å²) in [5, 5.41) is 54.1. The van der Waals surface area contributed by atoms with Crippen molar-refractivity contribution < 1.29 is 39.8 Å². The van der Waals surface area contributed by atoms with Crippen LogP contribution >= 0.6 is 0 Å². The minimum atomic E-state index is -1.57. The molecule has 1 aliphatic rings. The number of amides is 1. The van der Waals surface area contributed by atoms with Crippen LogP contribution in [0.5, 0.6) is 0 Å². The third-order valence-electron chi connectivity index (χ3n) is 11.3. The van der Waals surface area contributed by atoms with Crippen LogP contribution in [0.15, 0.2) is 24.3 Å². The smallest absolute Gasteiger partial charge is 0.224 e. The van der Waals surface area contributed by atoms with Gasteiger partial charge in [0.2, 0.25) is 5.91 Å². The van der Waals surface area contributed by atoms with E-state index in [1.165, 1.54) is 161 Å².